The molecule has 3 rings (SSSR count). The van der Waals surface area contributed by atoms with Crippen molar-refractivity contribution in [1.29, 1.82) is 0 Å². The molecule has 0 bridgehead atoms. The number of hydrogen-bond acceptors (Lipinski definition) is 3. The van der Waals surface area contributed by atoms with Gasteiger partial charge in [-0.05, 0) is 62.6 Å². The number of nitrogens with one attached hydrogen (secondary N) is 1. The molecule has 1 unspecified atom stereocenters. The Labute approximate surface area is 164 Å². The van der Waals surface area contributed by atoms with Gasteiger partial charge in [-0.1, -0.05) is 25.1 Å². The van der Waals surface area contributed by atoms with Crippen molar-refractivity contribution in [2.45, 2.75) is 40.2 Å². The minimum atomic E-state index is -0.635. The Hall–Kier alpha value is -3.21. The number of aromatic nitrogens is 1. The third-order valence-electron chi connectivity index (χ3n) is 5.04. The summed E-state index contributed by atoms with van der Waals surface area (Å²) in [6.45, 7) is 7.24. The number of anilines is 1. The molecular weight excluding hydrogens is 352 g/mol. The zero-order valence-electron chi connectivity index (χ0n) is 16.6. The van der Waals surface area contributed by atoms with Crippen molar-refractivity contribution in [2.75, 3.05) is 5.32 Å². The quantitative estimate of drug-likeness (QED) is 0.671. The van der Waals surface area contributed by atoms with Gasteiger partial charge in [0.25, 0.3) is 5.56 Å². The maximum Gasteiger partial charge on any atom is 0.252 e. The first-order chi connectivity index (χ1) is 13.3. The molecule has 144 valence electrons. The lowest BCUT2D eigenvalue weighted by Gasteiger charge is -2.22. The lowest BCUT2D eigenvalue weighted by molar-refractivity contribution is -0.119. The van der Waals surface area contributed by atoms with Crippen molar-refractivity contribution >= 4 is 28.3 Å². The Bertz CT molecular complexity index is 1110. The molecule has 1 aromatic heterocycles. The molecule has 1 atom stereocenters. The first-order valence-electron chi connectivity index (χ1n) is 9.36. The molecule has 2 aromatic carbocycles. The van der Waals surface area contributed by atoms with Gasteiger partial charge in [0.2, 0.25) is 5.91 Å². The number of rotatable bonds is 5. The summed E-state index contributed by atoms with van der Waals surface area (Å²) in [5.74, 6) is -0.286. The second kappa shape index (κ2) is 7.80. The Morgan fingerprint density at radius 3 is 2.32 bits per heavy atom. The van der Waals surface area contributed by atoms with Gasteiger partial charge in [0, 0.05) is 22.7 Å². The van der Waals surface area contributed by atoms with Crippen LogP contribution in [0.2, 0.25) is 0 Å². The van der Waals surface area contributed by atoms with Crippen molar-refractivity contribution in [1.82, 2.24) is 4.57 Å². The van der Waals surface area contributed by atoms with Crippen LogP contribution in [0, 0.1) is 13.8 Å². The summed E-state index contributed by atoms with van der Waals surface area (Å²) in [6.07, 6.45) is 0.476. The highest BCUT2D eigenvalue weighted by Gasteiger charge is 2.23. The van der Waals surface area contributed by atoms with E-state index in [4.69, 9.17) is 0 Å². The normalized spacial score (nSPS) is 12.0. The molecule has 0 spiro atoms. The van der Waals surface area contributed by atoms with E-state index in [1.807, 2.05) is 39.0 Å². The van der Waals surface area contributed by atoms with Gasteiger partial charge in [0.1, 0.15) is 6.04 Å². The number of Topliss-reactive ketones (excluding diaryl/α,β-unsaturated/α-hetero) is 1. The highest BCUT2D eigenvalue weighted by Crippen LogP contribution is 2.25. The molecular formula is C23H24N2O3. The van der Waals surface area contributed by atoms with Crippen LogP contribution >= 0.6 is 0 Å². The predicted molar refractivity (Wildman–Crippen MR) is 112 cm³/mol. The fourth-order valence-corrected chi connectivity index (χ4v) is 3.55. The Morgan fingerprint density at radius 2 is 1.71 bits per heavy atom. The van der Waals surface area contributed by atoms with Crippen LogP contribution in [-0.2, 0) is 4.79 Å². The molecule has 0 saturated carbocycles. The minimum Gasteiger partial charge on any atom is -0.324 e. The zero-order valence-corrected chi connectivity index (χ0v) is 16.6. The van der Waals surface area contributed by atoms with E-state index in [2.05, 4.69) is 5.32 Å². The van der Waals surface area contributed by atoms with Crippen LogP contribution in [0.4, 0.5) is 5.69 Å². The highest BCUT2D eigenvalue weighted by atomic mass is 16.2. The number of benzene rings is 2. The van der Waals surface area contributed by atoms with Crippen LogP contribution in [0.5, 0.6) is 0 Å². The zero-order chi connectivity index (χ0) is 20.4. The topological polar surface area (TPSA) is 68.2 Å². The largest absolute Gasteiger partial charge is 0.324 e. The maximum absolute atomic E-state index is 13.0. The average molecular weight is 376 g/mol. The fourth-order valence-electron chi connectivity index (χ4n) is 3.55. The van der Waals surface area contributed by atoms with E-state index >= 15 is 0 Å². The van der Waals surface area contributed by atoms with E-state index in [9.17, 15) is 14.4 Å². The molecule has 5 nitrogen and oxygen atoms in total. The van der Waals surface area contributed by atoms with E-state index < -0.39 is 6.04 Å². The lowest BCUT2D eigenvalue weighted by atomic mass is 10.0. The van der Waals surface area contributed by atoms with Crippen LogP contribution < -0.4 is 10.9 Å². The highest BCUT2D eigenvalue weighted by molar-refractivity contribution is 5.97. The number of hydrogen-bond donors (Lipinski definition) is 1. The molecule has 0 fully saturated rings. The van der Waals surface area contributed by atoms with E-state index in [1.54, 1.807) is 34.9 Å². The number of aryl methyl sites for hydroxylation is 2. The van der Waals surface area contributed by atoms with Crippen LogP contribution in [0.15, 0.2) is 53.3 Å². The van der Waals surface area contributed by atoms with Gasteiger partial charge in [0.15, 0.2) is 5.78 Å². The Balaban J connectivity index is 2.03. The Morgan fingerprint density at radius 1 is 1.04 bits per heavy atom. The van der Waals surface area contributed by atoms with Crippen LogP contribution in [0.3, 0.4) is 0 Å². The lowest BCUT2D eigenvalue weighted by Crippen LogP contribution is -2.33. The smallest absolute Gasteiger partial charge is 0.252 e. The molecule has 0 radical (unpaired) electrons. The van der Waals surface area contributed by atoms with Gasteiger partial charge >= 0.3 is 0 Å². The summed E-state index contributed by atoms with van der Waals surface area (Å²) in [6, 6.07) is 13.6. The minimum absolute atomic E-state index is 0.0301. The van der Waals surface area contributed by atoms with Gasteiger partial charge in [0.05, 0.1) is 5.52 Å². The number of carbonyl (C=O) groups excluding carboxylic acids is 2. The summed E-state index contributed by atoms with van der Waals surface area (Å²) in [7, 11) is 0. The summed E-state index contributed by atoms with van der Waals surface area (Å²) >= 11 is 0. The molecule has 1 amide bonds. The van der Waals surface area contributed by atoms with E-state index in [0.29, 0.717) is 17.7 Å². The van der Waals surface area contributed by atoms with Gasteiger partial charge in [-0.2, -0.15) is 0 Å². The summed E-state index contributed by atoms with van der Waals surface area (Å²) < 4.78 is 1.59. The predicted octanol–water partition coefficient (Wildman–Crippen LogP) is 4.41. The molecule has 0 aliphatic heterocycles. The van der Waals surface area contributed by atoms with Crippen LogP contribution in [0.25, 0.3) is 10.9 Å². The number of para-hydroxylation sites is 1. The number of amides is 1. The molecule has 1 heterocycles. The second-order valence-electron chi connectivity index (χ2n) is 7.05. The molecule has 28 heavy (non-hydrogen) atoms. The first kappa shape index (κ1) is 19.5. The summed E-state index contributed by atoms with van der Waals surface area (Å²) in [4.78, 5) is 37.3. The summed E-state index contributed by atoms with van der Waals surface area (Å²) in [5, 5.41) is 3.84. The third kappa shape index (κ3) is 3.60. The number of pyridine rings is 1. The monoisotopic (exact) mass is 376 g/mol. The van der Waals surface area contributed by atoms with Crippen molar-refractivity contribution in [3.8, 4) is 0 Å². The average Bonchev–Trinajstić information content (AvgIpc) is 2.65. The fraction of sp³-hybridized carbons (Fsp3) is 0.261. The van der Waals surface area contributed by atoms with Crippen LogP contribution in [-0.4, -0.2) is 16.3 Å². The number of nitrogens with zero attached hydrogens (tertiary/aromatic N) is 1. The summed E-state index contributed by atoms with van der Waals surface area (Å²) in [5.41, 5.74) is 3.64. The molecule has 3 aromatic rings. The molecule has 1 N–H and O–H groups in total. The second-order valence-corrected chi connectivity index (χ2v) is 7.05. The van der Waals surface area contributed by atoms with Gasteiger partial charge in [-0.25, -0.2) is 0 Å². The number of ketones is 1. The van der Waals surface area contributed by atoms with Gasteiger partial charge < -0.3 is 5.32 Å². The van der Waals surface area contributed by atoms with Gasteiger partial charge in [-0.3, -0.25) is 19.0 Å². The number of fused-ring (bicyclic) bond motifs is 1. The van der Waals surface area contributed by atoms with Crippen molar-refractivity contribution < 1.29 is 9.59 Å². The maximum atomic E-state index is 13.0. The van der Waals surface area contributed by atoms with E-state index in [1.165, 1.54) is 6.92 Å². The standard InChI is InChI=1S/C23H24N2O3/c1-5-20(23(28)24-18-11-9-17(10-12-18)16(4)26)25-21(27)13-15(3)19-8-6-7-14(2)22(19)25/h6-13,20H,5H2,1-4H3,(H,24,28). The van der Waals surface area contributed by atoms with Crippen molar-refractivity contribution in [2.24, 2.45) is 0 Å². The molecule has 0 aliphatic carbocycles. The van der Waals surface area contributed by atoms with E-state index in [-0.39, 0.29) is 17.2 Å². The number of carbonyl (C=O) groups is 2. The SMILES string of the molecule is CCC(C(=O)Nc1ccc(C(C)=O)cc1)n1c(=O)cc(C)c2cccc(C)c21. The molecule has 0 saturated heterocycles. The Kier molecular flexibility index (Phi) is 5.45. The van der Waals surface area contributed by atoms with Crippen LogP contribution in [0.1, 0.15) is 47.8 Å². The van der Waals surface area contributed by atoms with Crippen molar-refractivity contribution in [3.05, 3.63) is 75.6 Å². The van der Waals surface area contributed by atoms with E-state index in [0.717, 1.165) is 22.0 Å². The van der Waals surface area contributed by atoms with Crippen molar-refractivity contribution in [3.63, 3.8) is 0 Å². The first-order valence-corrected chi connectivity index (χ1v) is 9.36. The molecule has 0 aliphatic rings. The third-order valence-corrected chi connectivity index (χ3v) is 5.04. The van der Waals surface area contributed by atoms with Gasteiger partial charge in [-0.15, -0.1) is 0 Å². The molecule has 5 heteroatoms.